The molecule has 0 aliphatic heterocycles. The highest BCUT2D eigenvalue weighted by Gasteiger charge is 2.30. The number of amides is 1. The van der Waals surface area contributed by atoms with Gasteiger partial charge in [-0.2, -0.15) is 0 Å². The normalized spacial score (nSPS) is 12.1. The molecule has 0 aliphatic carbocycles. The molecule has 1 aromatic carbocycles. The number of methoxy groups -OCH3 is 1. The number of Topliss-reactive ketones (excluding diaryl/α,β-unsaturated/α-hetero) is 1. The van der Waals surface area contributed by atoms with Crippen molar-refractivity contribution in [2.24, 2.45) is 0 Å². The molecule has 0 saturated heterocycles. The highest BCUT2D eigenvalue weighted by atomic mass is 16.5. The molecule has 9 nitrogen and oxygen atoms in total. The van der Waals surface area contributed by atoms with Crippen LogP contribution in [0.1, 0.15) is 58.8 Å². The van der Waals surface area contributed by atoms with Crippen LogP contribution in [0.3, 0.4) is 0 Å². The van der Waals surface area contributed by atoms with E-state index in [9.17, 15) is 14.4 Å². The van der Waals surface area contributed by atoms with Crippen LogP contribution in [-0.2, 0) is 4.74 Å². The summed E-state index contributed by atoms with van der Waals surface area (Å²) in [6.07, 6.45) is 7.20. The molecule has 0 spiro atoms. The second-order valence-electron chi connectivity index (χ2n) is 8.70. The predicted molar refractivity (Wildman–Crippen MR) is 133 cm³/mol. The molecule has 0 fully saturated rings. The van der Waals surface area contributed by atoms with Crippen molar-refractivity contribution in [3.8, 4) is 0 Å². The van der Waals surface area contributed by atoms with Gasteiger partial charge in [0.15, 0.2) is 5.78 Å². The highest BCUT2D eigenvalue weighted by Crippen LogP contribution is 2.33. The van der Waals surface area contributed by atoms with Crippen LogP contribution in [0.15, 0.2) is 42.9 Å². The molecule has 4 rings (SSSR count). The van der Waals surface area contributed by atoms with E-state index in [0.29, 0.717) is 34.2 Å². The molecule has 182 valence electrons. The number of pyridine rings is 1. The second kappa shape index (κ2) is 9.69. The first-order chi connectivity index (χ1) is 16.8. The molecule has 0 bridgehead atoms. The molecule has 35 heavy (non-hydrogen) atoms. The van der Waals surface area contributed by atoms with Gasteiger partial charge in [-0.1, -0.05) is 25.8 Å². The number of hydrogen-bond donors (Lipinski definition) is 0. The fraction of sp³-hybridized carbons (Fsp3) is 0.346. The lowest BCUT2D eigenvalue weighted by molar-refractivity contribution is 0.0603. The summed E-state index contributed by atoms with van der Waals surface area (Å²) in [7, 11) is 4.57. The molecule has 4 aromatic rings. The van der Waals surface area contributed by atoms with Crippen molar-refractivity contribution >= 4 is 39.7 Å². The summed E-state index contributed by atoms with van der Waals surface area (Å²) in [5.41, 5.74) is 2.53. The number of benzene rings is 1. The fourth-order valence-electron chi connectivity index (χ4n) is 4.55. The zero-order valence-electron chi connectivity index (χ0n) is 20.6. The summed E-state index contributed by atoms with van der Waals surface area (Å²) < 4.78 is 8.34. The van der Waals surface area contributed by atoms with Gasteiger partial charge in [-0.25, -0.2) is 14.6 Å². The van der Waals surface area contributed by atoms with E-state index in [-0.39, 0.29) is 17.4 Å². The van der Waals surface area contributed by atoms with Gasteiger partial charge in [0.25, 0.3) is 0 Å². The van der Waals surface area contributed by atoms with Crippen molar-refractivity contribution in [2.75, 3.05) is 21.2 Å². The quantitative estimate of drug-likeness (QED) is 0.286. The smallest absolute Gasteiger partial charge is 0.338 e. The Bertz CT molecular complexity index is 1430. The lowest BCUT2D eigenvalue weighted by Crippen LogP contribution is -2.26. The summed E-state index contributed by atoms with van der Waals surface area (Å²) in [6, 6.07) is 5.97. The van der Waals surface area contributed by atoms with Crippen LogP contribution in [-0.4, -0.2) is 63.0 Å². The number of fused-ring (bicyclic) bond motifs is 2. The number of rotatable bonds is 7. The Labute approximate surface area is 203 Å². The maximum atomic E-state index is 14.3. The molecule has 0 aliphatic rings. The third-order valence-corrected chi connectivity index (χ3v) is 6.20. The topological polar surface area (TPSA) is 99.3 Å². The number of carbonyl (C=O) groups excluding carboxylic acids is 3. The number of nitrogens with zero attached hydrogens (tertiary/aromatic N) is 5. The van der Waals surface area contributed by atoms with Gasteiger partial charge in [-0.05, 0) is 31.5 Å². The van der Waals surface area contributed by atoms with Gasteiger partial charge in [0, 0.05) is 37.4 Å². The van der Waals surface area contributed by atoms with E-state index in [0.717, 1.165) is 18.4 Å². The van der Waals surface area contributed by atoms with E-state index in [1.807, 2.05) is 17.6 Å². The summed E-state index contributed by atoms with van der Waals surface area (Å²) >= 11 is 0. The Kier molecular flexibility index (Phi) is 6.68. The Morgan fingerprint density at radius 3 is 2.57 bits per heavy atom. The summed E-state index contributed by atoms with van der Waals surface area (Å²) in [5.74, 6) is -0.0618. The Hall–Kier alpha value is -4.01. The van der Waals surface area contributed by atoms with E-state index in [2.05, 4.69) is 16.9 Å². The minimum atomic E-state index is -0.569. The monoisotopic (exact) mass is 475 g/mol. The number of esters is 1. The summed E-state index contributed by atoms with van der Waals surface area (Å²) in [5, 5.41) is 0.407. The van der Waals surface area contributed by atoms with E-state index in [4.69, 9.17) is 4.74 Å². The molecule has 3 heterocycles. The molecular formula is C26H29N5O4. The number of ketones is 1. The Balaban J connectivity index is 1.98. The van der Waals surface area contributed by atoms with E-state index >= 15 is 0 Å². The second-order valence-corrected chi connectivity index (χ2v) is 8.70. The molecule has 1 amide bonds. The lowest BCUT2D eigenvalue weighted by atomic mass is 9.96. The average molecular weight is 476 g/mol. The van der Waals surface area contributed by atoms with Crippen molar-refractivity contribution in [2.45, 2.75) is 39.2 Å². The van der Waals surface area contributed by atoms with E-state index in [1.54, 1.807) is 44.7 Å². The van der Waals surface area contributed by atoms with Crippen molar-refractivity contribution in [1.82, 2.24) is 24.0 Å². The number of imidazole rings is 1. The molecule has 1 atom stereocenters. The minimum Gasteiger partial charge on any atom is -0.465 e. The minimum absolute atomic E-state index is 0.190. The van der Waals surface area contributed by atoms with E-state index in [1.165, 1.54) is 22.8 Å². The van der Waals surface area contributed by atoms with Gasteiger partial charge in [-0.15, -0.1) is 0 Å². The van der Waals surface area contributed by atoms with Gasteiger partial charge in [0.2, 0.25) is 0 Å². The first-order valence-corrected chi connectivity index (χ1v) is 11.6. The average Bonchev–Trinajstić information content (AvgIpc) is 3.40. The molecular weight excluding hydrogens is 446 g/mol. The van der Waals surface area contributed by atoms with Crippen LogP contribution < -0.4 is 0 Å². The van der Waals surface area contributed by atoms with Gasteiger partial charge in [-0.3, -0.25) is 14.3 Å². The standard InChI is InChI=1S/C26H29N5O4/c1-6-7-10-22(31-16(2)28-19-14-27-13-12-20(19)31)24(32)18-15-30(26(34)29(3)4)21-11-8-9-17(23(18)21)25(33)35-5/h8-9,11-15,22H,6-7,10H2,1-5H3. The van der Waals surface area contributed by atoms with Crippen LogP contribution in [0, 0.1) is 6.92 Å². The Morgan fingerprint density at radius 1 is 1.11 bits per heavy atom. The zero-order chi connectivity index (χ0) is 25.3. The largest absolute Gasteiger partial charge is 0.465 e. The molecule has 0 saturated carbocycles. The van der Waals surface area contributed by atoms with E-state index < -0.39 is 12.0 Å². The van der Waals surface area contributed by atoms with Crippen LogP contribution in [0.25, 0.3) is 21.9 Å². The van der Waals surface area contributed by atoms with Crippen molar-refractivity contribution < 1.29 is 19.1 Å². The van der Waals surface area contributed by atoms with Gasteiger partial charge in [0.05, 0.1) is 35.9 Å². The van der Waals surface area contributed by atoms with Gasteiger partial charge in [0.1, 0.15) is 11.3 Å². The summed E-state index contributed by atoms with van der Waals surface area (Å²) in [6.45, 7) is 3.94. The SMILES string of the molecule is CCCCC(C(=O)c1cn(C(=O)N(C)C)c2cccc(C(=O)OC)c12)n1c(C)nc2cnccc21. The van der Waals surface area contributed by atoms with Gasteiger partial charge >= 0.3 is 12.0 Å². The number of aromatic nitrogens is 4. The number of unbranched alkanes of at least 4 members (excludes halogenated alkanes) is 1. The van der Waals surface area contributed by atoms with Crippen LogP contribution >= 0.6 is 0 Å². The highest BCUT2D eigenvalue weighted by molar-refractivity contribution is 6.17. The summed E-state index contributed by atoms with van der Waals surface area (Å²) in [4.78, 5) is 50.1. The molecule has 3 aromatic heterocycles. The van der Waals surface area contributed by atoms with Crippen molar-refractivity contribution in [3.63, 3.8) is 0 Å². The molecule has 1 unspecified atom stereocenters. The van der Waals surface area contributed by atoms with Crippen LogP contribution in [0.5, 0.6) is 0 Å². The zero-order valence-corrected chi connectivity index (χ0v) is 20.6. The number of ether oxygens (including phenoxy) is 1. The van der Waals surface area contributed by atoms with Crippen molar-refractivity contribution in [1.29, 1.82) is 0 Å². The van der Waals surface area contributed by atoms with Crippen LogP contribution in [0.2, 0.25) is 0 Å². The van der Waals surface area contributed by atoms with Crippen molar-refractivity contribution in [3.05, 3.63) is 59.8 Å². The fourth-order valence-corrected chi connectivity index (χ4v) is 4.55. The molecule has 0 radical (unpaired) electrons. The molecule has 0 N–H and O–H groups in total. The molecule has 9 heteroatoms. The third-order valence-electron chi connectivity index (χ3n) is 6.20. The third kappa shape index (κ3) is 4.18. The maximum absolute atomic E-state index is 14.3. The maximum Gasteiger partial charge on any atom is 0.338 e. The number of carbonyl (C=O) groups is 3. The predicted octanol–water partition coefficient (Wildman–Crippen LogP) is 4.62. The van der Waals surface area contributed by atoms with Gasteiger partial charge < -0.3 is 14.2 Å². The first kappa shape index (κ1) is 24.1. The number of hydrogen-bond acceptors (Lipinski definition) is 6. The number of aryl methyl sites for hydroxylation is 1. The Morgan fingerprint density at radius 2 is 1.89 bits per heavy atom. The first-order valence-electron chi connectivity index (χ1n) is 11.6. The lowest BCUT2D eigenvalue weighted by Gasteiger charge is -2.20. The van der Waals surface area contributed by atoms with Crippen LogP contribution in [0.4, 0.5) is 4.79 Å².